The Morgan fingerprint density at radius 2 is 2.00 bits per heavy atom. The molecule has 1 aliphatic heterocycles. The van der Waals surface area contributed by atoms with Crippen LogP contribution < -0.4 is 11.0 Å². The average molecular weight is 383 g/mol. The van der Waals surface area contributed by atoms with E-state index in [9.17, 15) is 23.5 Å². The van der Waals surface area contributed by atoms with Gasteiger partial charge in [-0.25, -0.2) is 13.6 Å². The van der Waals surface area contributed by atoms with E-state index >= 15 is 0 Å². The molecule has 1 amide bonds. The fraction of sp³-hybridized carbons (Fsp3) is 0.312. The van der Waals surface area contributed by atoms with Gasteiger partial charge in [0.25, 0.3) is 5.91 Å². The van der Waals surface area contributed by atoms with Gasteiger partial charge in [-0.1, -0.05) is 18.2 Å². The molecule has 7 nitrogen and oxygen atoms in total. The molecular weight excluding hydrogens is 368 g/mol. The van der Waals surface area contributed by atoms with Crippen LogP contribution >= 0.6 is 11.8 Å². The summed E-state index contributed by atoms with van der Waals surface area (Å²) in [6, 6.07) is 9.44. The molecule has 1 saturated heterocycles. The maximum atomic E-state index is 14.2. The molecule has 2 heterocycles. The summed E-state index contributed by atoms with van der Waals surface area (Å²) in [5, 5.41) is 18.3. The van der Waals surface area contributed by atoms with E-state index in [2.05, 4.69) is 10.3 Å². The number of thioether (sulfide) groups is 1. The monoisotopic (exact) mass is 383 g/mol. The Morgan fingerprint density at radius 3 is 2.58 bits per heavy atom. The number of aromatic nitrogens is 2. The normalized spacial score (nSPS) is 24.4. The first-order chi connectivity index (χ1) is 12.3. The van der Waals surface area contributed by atoms with Crippen molar-refractivity contribution in [3.63, 3.8) is 0 Å². The zero-order valence-corrected chi connectivity index (χ0v) is 14.1. The van der Waals surface area contributed by atoms with Crippen molar-refractivity contribution >= 4 is 23.5 Å². The summed E-state index contributed by atoms with van der Waals surface area (Å²) < 4.78 is 29.1. The summed E-state index contributed by atoms with van der Waals surface area (Å²) in [5.41, 5.74) is -0.649. The van der Waals surface area contributed by atoms with Gasteiger partial charge in [-0.15, -0.1) is 11.8 Å². The molecule has 0 bridgehead atoms. The van der Waals surface area contributed by atoms with E-state index < -0.39 is 40.9 Å². The van der Waals surface area contributed by atoms with E-state index in [1.54, 1.807) is 30.3 Å². The van der Waals surface area contributed by atoms with Crippen LogP contribution in [0.25, 0.3) is 0 Å². The number of alkyl halides is 2. The molecule has 3 N–H and O–H groups in total. The molecule has 1 aromatic heterocycles. The molecule has 1 fully saturated rings. The van der Waals surface area contributed by atoms with Crippen LogP contribution in [0.15, 0.2) is 47.4 Å². The molecule has 1 aromatic carbocycles. The van der Waals surface area contributed by atoms with Crippen LogP contribution in [0.1, 0.15) is 15.7 Å². The quantitative estimate of drug-likeness (QED) is 0.730. The van der Waals surface area contributed by atoms with Gasteiger partial charge < -0.3 is 15.5 Å². The van der Waals surface area contributed by atoms with E-state index in [4.69, 9.17) is 5.11 Å². The molecule has 138 valence electrons. The Hall–Kier alpha value is -2.30. The first kappa shape index (κ1) is 18.5. The third kappa shape index (κ3) is 3.35. The summed E-state index contributed by atoms with van der Waals surface area (Å²) in [6.07, 6.45) is -1.000. The molecule has 3 atom stereocenters. The summed E-state index contributed by atoms with van der Waals surface area (Å²) >= 11 is 0.595. The molecule has 26 heavy (non-hydrogen) atoms. The van der Waals surface area contributed by atoms with Crippen molar-refractivity contribution in [2.45, 2.75) is 22.7 Å². The molecule has 0 spiro atoms. The van der Waals surface area contributed by atoms with Crippen molar-refractivity contribution < 1.29 is 23.8 Å². The molecule has 0 saturated carbocycles. The van der Waals surface area contributed by atoms with E-state index in [-0.39, 0.29) is 5.82 Å². The summed E-state index contributed by atoms with van der Waals surface area (Å²) in [5.74, 6) is -4.18. The van der Waals surface area contributed by atoms with Crippen molar-refractivity contribution in [2.75, 3.05) is 11.9 Å². The number of amides is 1. The summed E-state index contributed by atoms with van der Waals surface area (Å²) in [4.78, 5) is 27.8. The standard InChI is InChI=1S/C16H15F2N3O4S/c17-16(18)12(23)10(8-22)26-14(16)21-7-6-11(20-15(21)25)19-13(24)9-4-2-1-3-5-9/h1-7,10,12,14,22-23H,8H2,(H,19,20,24,25)/t10-,12-,14+/m0/s1. The van der Waals surface area contributed by atoms with Gasteiger partial charge in [-0.3, -0.25) is 9.36 Å². The zero-order chi connectivity index (χ0) is 18.9. The smallest absolute Gasteiger partial charge is 0.350 e. The van der Waals surface area contributed by atoms with Crippen molar-refractivity contribution in [3.8, 4) is 0 Å². The first-order valence-corrected chi connectivity index (χ1v) is 8.56. The number of anilines is 1. The van der Waals surface area contributed by atoms with Gasteiger partial charge in [0.15, 0.2) is 5.37 Å². The number of rotatable bonds is 4. The molecule has 0 aliphatic carbocycles. The van der Waals surface area contributed by atoms with Gasteiger partial charge in [-0.2, -0.15) is 4.98 Å². The predicted octanol–water partition coefficient (Wildman–Crippen LogP) is 1.10. The van der Waals surface area contributed by atoms with Crippen LogP contribution in [-0.2, 0) is 0 Å². The van der Waals surface area contributed by atoms with Gasteiger partial charge in [0.1, 0.15) is 11.9 Å². The minimum absolute atomic E-state index is 0.0781. The highest BCUT2D eigenvalue weighted by atomic mass is 32.2. The fourth-order valence-corrected chi connectivity index (χ4v) is 3.92. The van der Waals surface area contributed by atoms with Crippen molar-refractivity contribution in [2.24, 2.45) is 0 Å². The van der Waals surface area contributed by atoms with Gasteiger partial charge >= 0.3 is 11.6 Å². The highest BCUT2D eigenvalue weighted by Gasteiger charge is 2.58. The Bertz CT molecular complexity index is 862. The third-order valence-corrected chi connectivity index (χ3v) is 5.48. The molecule has 2 aromatic rings. The van der Waals surface area contributed by atoms with Crippen LogP contribution in [0, 0.1) is 0 Å². The van der Waals surface area contributed by atoms with Crippen LogP contribution in [0.5, 0.6) is 0 Å². The summed E-state index contributed by atoms with van der Waals surface area (Å²) in [7, 11) is 0. The number of nitrogens with one attached hydrogen (secondary N) is 1. The molecular formula is C16H15F2N3O4S. The molecule has 1 aliphatic rings. The van der Waals surface area contributed by atoms with E-state index in [1.807, 2.05) is 0 Å². The van der Waals surface area contributed by atoms with E-state index in [0.717, 1.165) is 6.20 Å². The molecule has 0 unspecified atom stereocenters. The fourth-order valence-electron chi connectivity index (χ4n) is 2.56. The van der Waals surface area contributed by atoms with Gasteiger partial charge in [-0.05, 0) is 18.2 Å². The Kier molecular flexibility index (Phi) is 5.08. The predicted molar refractivity (Wildman–Crippen MR) is 91.3 cm³/mol. The third-order valence-electron chi connectivity index (χ3n) is 3.92. The number of hydrogen-bond donors (Lipinski definition) is 3. The Balaban J connectivity index is 1.82. The Labute approximate surface area is 150 Å². The van der Waals surface area contributed by atoms with Crippen LogP contribution in [0.2, 0.25) is 0 Å². The minimum atomic E-state index is -3.61. The molecule has 0 radical (unpaired) electrons. The number of nitrogens with zero attached hydrogens (tertiary/aromatic N) is 2. The molecule has 3 rings (SSSR count). The summed E-state index contributed by atoms with van der Waals surface area (Å²) in [6.45, 7) is -0.648. The highest BCUT2D eigenvalue weighted by molar-refractivity contribution is 8.00. The largest absolute Gasteiger partial charge is 0.395 e. The number of carbonyl (C=O) groups excluding carboxylic acids is 1. The average Bonchev–Trinajstić information content (AvgIpc) is 2.85. The van der Waals surface area contributed by atoms with E-state index in [1.165, 1.54) is 6.07 Å². The second-order valence-electron chi connectivity index (χ2n) is 5.65. The first-order valence-electron chi connectivity index (χ1n) is 7.62. The number of benzene rings is 1. The van der Waals surface area contributed by atoms with Crippen molar-refractivity contribution in [1.82, 2.24) is 9.55 Å². The lowest BCUT2D eigenvalue weighted by atomic mass is 10.1. The van der Waals surface area contributed by atoms with Gasteiger partial charge in [0.05, 0.1) is 11.9 Å². The topological polar surface area (TPSA) is 104 Å². The van der Waals surface area contributed by atoms with Crippen LogP contribution in [-0.4, -0.2) is 49.6 Å². The Morgan fingerprint density at radius 1 is 1.31 bits per heavy atom. The number of carbonyl (C=O) groups is 1. The SMILES string of the molecule is O=C(Nc1ccn([C@@H]2S[C@@H](CO)[C@H](O)C2(F)F)c(=O)n1)c1ccccc1. The lowest BCUT2D eigenvalue weighted by Crippen LogP contribution is -2.41. The van der Waals surface area contributed by atoms with Gasteiger partial charge in [0.2, 0.25) is 0 Å². The van der Waals surface area contributed by atoms with Crippen molar-refractivity contribution in [1.29, 1.82) is 0 Å². The highest BCUT2D eigenvalue weighted by Crippen LogP contribution is 2.51. The number of hydrogen-bond acceptors (Lipinski definition) is 6. The lowest BCUT2D eigenvalue weighted by Gasteiger charge is -2.22. The second-order valence-corrected chi connectivity index (χ2v) is 6.98. The number of aliphatic hydroxyl groups is 2. The lowest BCUT2D eigenvalue weighted by molar-refractivity contribution is -0.114. The van der Waals surface area contributed by atoms with Crippen molar-refractivity contribution in [3.05, 3.63) is 58.6 Å². The second kappa shape index (κ2) is 7.14. The number of halogens is 2. The maximum Gasteiger partial charge on any atom is 0.350 e. The zero-order valence-electron chi connectivity index (χ0n) is 13.3. The van der Waals surface area contributed by atoms with Gasteiger partial charge in [0, 0.05) is 11.8 Å². The molecule has 10 heteroatoms. The number of aliphatic hydroxyl groups excluding tert-OH is 2. The van der Waals surface area contributed by atoms with Crippen LogP contribution in [0.4, 0.5) is 14.6 Å². The van der Waals surface area contributed by atoms with Crippen LogP contribution in [0.3, 0.4) is 0 Å². The van der Waals surface area contributed by atoms with E-state index in [0.29, 0.717) is 21.9 Å². The maximum absolute atomic E-state index is 14.2. The minimum Gasteiger partial charge on any atom is -0.395 e.